The summed E-state index contributed by atoms with van der Waals surface area (Å²) in [5.74, 6) is -2.26. The molecule has 1 aromatic carbocycles. The van der Waals surface area contributed by atoms with E-state index >= 15 is 0 Å². The summed E-state index contributed by atoms with van der Waals surface area (Å²) in [5, 5.41) is 9.34. The molecule has 1 aliphatic heterocycles. The van der Waals surface area contributed by atoms with Crippen molar-refractivity contribution in [3.8, 4) is 0 Å². The first-order valence-electron chi connectivity index (χ1n) is 5.95. The van der Waals surface area contributed by atoms with Gasteiger partial charge in [-0.3, -0.25) is 14.5 Å². The van der Waals surface area contributed by atoms with Crippen LogP contribution in [0, 0.1) is 5.41 Å². The molecule has 0 saturated carbocycles. The zero-order chi connectivity index (χ0) is 14.4. The molecule has 0 aliphatic carbocycles. The minimum absolute atomic E-state index is 0.267. The standard InChI is InChI=1S/C14H15NO4/c1-14(2,3)10(13(18)19)15-11(16)8-6-4-5-7-9(8)12(15)17/h4-7,10H,1-3H3,(H,18,19). The third-order valence-corrected chi connectivity index (χ3v) is 3.14. The van der Waals surface area contributed by atoms with E-state index in [1.165, 1.54) is 12.1 Å². The number of hydrogen-bond acceptors (Lipinski definition) is 3. The summed E-state index contributed by atoms with van der Waals surface area (Å²) >= 11 is 0. The van der Waals surface area contributed by atoms with Crippen LogP contribution in [0.4, 0.5) is 0 Å². The van der Waals surface area contributed by atoms with Crippen molar-refractivity contribution in [1.29, 1.82) is 0 Å². The highest BCUT2D eigenvalue weighted by Gasteiger charge is 2.47. The lowest BCUT2D eigenvalue weighted by Gasteiger charge is -2.33. The number of imide groups is 1. The smallest absolute Gasteiger partial charge is 0.327 e. The Morgan fingerprint density at radius 3 is 1.84 bits per heavy atom. The van der Waals surface area contributed by atoms with Crippen LogP contribution in [-0.4, -0.2) is 33.8 Å². The normalized spacial score (nSPS) is 16.5. The molecule has 0 bridgehead atoms. The van der Waals surface area contributed by atoms with Gasteiger partial charge >= 0.3 is 5.97 Å². The average molecular weight is 261 g/mol. The van der Waals surface area contributed by atoms with Gasteiger partial charge in [-0.2, -0.15) is 0 Å². The Balaban J connectivity index is 2.52. The highest BCUT2D eigenvalue weighted by molar-refractivity contribution is 6.22. The first kappa shape index (κ1) is 13.3. The molecule has 2 amide bonds. The maximum absolute atomic E-state index is 12.2. The van der Waals surface area contributed by atoms with Crippen LogP contribution < -0.4 is 0 Å². The van der Waals surface area contributed by atoms with E-state index < -0.39 is 29.2 Å². The number of amides is 2. The molecular weight excluding hydrogens is 246 g/mol. The average Bonchev–Trinajstić information content (AvgIpc) is 2.53. The van der Waals surface area contributed by atoms with Crippen LogP contribution >= 0.6 is 0 Å². The van der Waals surface area contributed by atoms with E-state index in [0.717, 1.165) is 4.90 Å². The third-order valence-electron chi connectivity index (χ3n) is 3.14. The summed E-state index contributed by atoms with van der Waals surface area (Å²) in [7, 11) is 0. The van der Waals surface area contributed by atoms with Crippen LogP contribution in [0.2, 0.25) is 0 Å². The molecule has 19 heavy (non-hydrogen) atoms. The van der Waals surface area contributed by atoms with Gasteiger partial charge in [-0.1, -0.05) is 32.9 Å². The highest BCUT2D eigenvalue weighted by atomic mass is 16.4. The lowest BCUT2D eigenvalue weighted by molar-refractivity contribution is -0.145. The first-order valence-corrected chi connectivity index (χ1v) is 5.95. The molecule has 5 heteroatoms. The fourth-order valence-electron chi connectivity index (χ4n) is 2.31. The summed E-state index contributed by atoms with van der Waals surface area (Å²) in [5.41, 5.74) is -0.204. The van der Waals surface area contributed by atoms with Gasteiger partial charge in [0, 0.05) is 0 Å². The Hall–Kier alpha value is -2.17. The molecule has 1 aromatic rings. The number of hydrogen-bond donors (Lipinski definition) is 1. The summed E-state index contributed by atoms with van der Waals surface area (Å²) in [6.07, 6.45) is 0. The van der Waals surface area contributed by atoms with Crippen LogP contribution in [-0.2, 0) is 4.79 Å². The van der Waals surface area contributed by atoms with E-state index in [9.17, 15) is 19.5 Å². The van der Waals surface area contributed by atoms with Gasteiger partial charge in [-0.25, -0.2) is 4.79 Å². The van der Waals surface area contributed by atoms with Crippen molar-refractivity contribution in [1.82, 2.24) is 4.90 Å². The Kier molecular flexibility index (Phi) is 2.92. The largest absolute Gasteiger partial charge is 0.480 e. The van der Waals surface area contributed by atoms with Crippen molar-refractivity contribution in [2.75, 3.05) is 0 Å². The monoisotopic (exact) mass is 261 g/mol. The van der Waals surface area contributed by atoms with Gasteiger partial charge in [0.05, 0.1) is 11.1 Å². The molecule has 0 saturated heterocycles. The quantitative estimate of drug-likeness (QED) is 0.823. The van der Waals surface area contributed by atoms with E-state index in [0.29, 0.717) is 0 Å². The molecule has 0 fully saturated rings. The van der Waals surface area contributed by atoms with E-state index in [1.54, 1.807) is 32.9 Å². The van der Waals surface area contributed by atoms with Crippen LogP contribution in [0.3, 0.4) is 0 Å². The lowest BCUT2D eigenvalue weighted by atomic mass is 9.85. The Bertz CT molecular complexity index is 536. The molecule has 1 aliphatic rings. The molecule has 0 spiro atoms. The number of carbonyl (C=O) groups is 3. The summed E-state index contributed by atoms with van der Waals surface area (Å²) in [6, 6.07) is 5.20. The molecule has 1 atom stereocenters. The molecule has 100 valence electrons. The summed E-state index contributed by atoms with van der Waals surface area (Å²) in [4.78, 5) is 36.8. The van der Waals surface area contributed by atoms with Gasteiger partial charge in [0.2, 0.25) is 0 Å². The van der Waals surface area contributed by atoms with Crippen LogP contribution in [0.5, 0.6) is 0 Å². The van der Waals surface area contributed by atoms with Gasteiger partial charge < -0.3 is 5.11 Å². The minimum atomic E-state index is -1.18. The van der Waals surface area contributed by atoms with Crippen molar-refractivity contribution in [3.63, 3.8) is 0 Å². The Morgan fingerprint density at radius 1 is 1.11 bits per heavy atom. The fourth-order valence-corrected chi connectivity index (χ4v) is 2.31. The molecule has 1 N–H and O–H groups in total. The van der Waals surface area contributed by atoms with E-state index in [1.807, 2.05) is 0 Å². The number of benzene rings is 1. The van der Waals surface area contributed by atoms with Crippen molar-refractivity contribution in [3.05, 3.63) is 35.4 Å². The second kappa shape index (κ2) is 4.19. The molecular formula is C14H15NO4. The van der Waals surface area contributed by atoms with Crippen LogP contribution in [0.1, 0.15) is 41.5 Å². The van der Waals surface area contributed by atoms with Gasteiger partial charge in [0.1, 0.15) is 6.04 Å². The third kappa shape index (κ3) is 2.01. The van der Waals surface area contributed by atoms with Crippen LogP contribution in [0.25, 0.3) is 0 Å². The van der Waals surface area contributed by atoms with Gasteiger partial charge in [0.25, 0.3) is 11.8 Å². The number of nitrogens with zero attached hydrogens (tertiary/aromatic N) is 1. The molecule has 2 rings (SSSR count). The van der Waals surface area contributed by atoms with Crippen molar-refractivity contribution >= 4 is 17.8 Å². The molecule has 0 aromatic heterocycles. The number of rotatable bonds is 2. The summed E-state index contributed by atoms with van der Waals surface area (Å²) < 4.78 is 0. The molecule has 5 nitrogen and oxygen atoms in total. The van der Waals surface area contributed by atoms with Crippen molar-refractivity contribution in [2.24, 2.45) is 5.41 Å². The van der Waals surface area contributed by atoms with Gasteiger partial charge in [-0.05, 0) is 17.5 Å². The summed E-state index contributed by atoms with van der Waals surface area (Å²) in [6.45, 7) is 5.07. The zero-order valence-corrected chi connectivity index (χ0v) is 11.0. The molecule has 1 heterocycles. The number of fused-ring (bicyclic) bond motifs is 1. The Morgan fingerprint density at radius 2 is 1.53 bits per heavy atom. The predicted molar refractivity (Wildman–Crippen MR) is 67.8 cm³/mol. The second-order valence-corrected chi connectivity index (χ2v) is 5.63. The molecule has 1 unspecified atom stereocenters. The molecule has 0 radical (unpaired) electrons. The zero-order valence-electron chi connectivity index (χ0n) is 11.0. The number of aliphatic carboxylic acids is 1. The fraction of sp³-hybridized carbons (Fsp3) is 0.357. The van der Waals surface area contributed by atoms with Crippen LogP contribution in [0.15, 0.2) is 24.3 Å². The predicted octanol–water partition coefficient (Wildman–Crippen LogP) is 1.78. The van der Waals surface area contributed by atoms with Gasteiger partial charge in [-0.15, -0.1) is 0 Å². The minimum Gasteiger partial charge on any atom is -0.480 e. The van der Waals surface area contributed by atoms with E-state index in [-0.39, 0.29) is 11.1 Å². The lowest BCUT2D eigenvalue weighted by Crippen LogP contribution is -2.51. The van der Waals surface area contributed by atoms with Crippen molar-refractivity contribution < 1.29 is 19.5 Å². The second-order valence-electron chi connectivity index (χ2n) is 5.63. The maximum Gasteiger partial charge on any atom is 0.327 e. The topological polar surface area (TPSA) is 74.7 Å². The first-order chi connectivity index (χ1) is 8.75. The van der Waals surface area contributed by atoms with E-state index in [4.69, 9.17) is 0 Å². The number of carbonyl (C=O) groups excluding carboxylic acids is 2. The van der Waals surface area contributed by atoms with Gasteiger partial charge in [0.15, 0.2) is 0 Å². The number of carboxylic acids is 1. The Labute approximate surface area is 110 Å². The van der Waals surface area contributed by atoms with E-state index in [2.05, 4.69) is 0 Å². The SMILES string of the molecule is CC(C)(C)C(C(=O)O)N1C(=O)c2ccccc2C1=O. The van der Waals surface area contributed by atoms with Crippen molar-refractivity contribution in [2.45, 2.75) is 26.8 Å². The highest BCUT2D eigenvalue weighted by Crippen LogP contribution is 2.32. The number of carboxylic acid groups (broad SMARTS) is 1. The maximum atomic E-state index is 12.2.